The smallest absolute Gasteiger partial charge is 0.0638 e. The van der Waals surface area contributed by atoms with Gasteiger partial charge in [0.05, 0.1) is 19.3 Å². The van der Waals surface area contributed by atoms with E-state index in [0.29, 0.717) is 0 Å². The Morgan fingerprint density at radius 2 is 2.31 bits per heavy atom. The Labute approximate surface area is 98.6 Å². The normalized spacial score (nSPS) is 29.8. The summed E-state index contributed by atoms with van der Waals surface area (Å²) < 4.78 is 16.3. The van der Waals surface area contributed by atoms with Crippen molar-refractivity contribution in [3.05, 3.63) is 0 Å². The molecule has 1 N–H and O–H groups in total. The molecule has 1 aliphatic rings. The second kappa shape index (κ2) is 7.22. The summed E-state index contributed by atoms with van der Waals surface area (Å²) >= 11 is 0. The molecule has 96 valence electrons. The fraction of sp³-hybridized carbons (Fsp3) is 1.00. The summed E-state index contributed by atoms with van der Waals surface area (Å²) in [6, 6.07) is 0. The van der Waals surface area contributed by atoms with E-state index in [9.17, 15) is 0 Å². The highest BCUT2D eigenvalue weighted by Crippen LogP contribution is 2.34. The third-order valence-electron chi connectivity index (χ3n) is 3.38. The molecule has 2 unspecified atom stereocenters. The molecule has 4 heteroatoms. The second-order valence-corrected chi connectivity index (χ2v) is 4.43. The fourth-order valence-electron chi connectivity index (χ4n) is 2.11. The van der Waals surface area contributed by atoms with Crippen molar-refractivity contribution in [2.24, 2.45) is 5.41 Å². The van der Waals surface area contributed by atoms with Crippen LogP contribution in [0.15, 0.2) is 0 Å². The van der Waals surface area contributed by atoms with Crippen LogP contribution in [0.1, 0.15) is 20.3 Å². The van der Waals surface area contributed by atoms with Crippen LogP contribution in [0.4, 0.5) is 0 Å². The number of hydrogen-bond acceptors (Lipinski definition) is 4. The molecule has 16 heavy (non-hydrogen) atoms. The number of hydrogen-bond donors (Lipinski definition) is 1. The summed E-state index contributed by atoms with van der Waals surface area (Å²) in [5.74, 6) is 0. The Balaban J connectivity index is 2.37. The standard InChI is InChI=1S/C12H25NO3/c1-4-15-10-12(5-7-16-11(12)2)9-13-6-8-14-3/h11,13H,4-10H2,1-3H3. The van der Waals surface area contributed by atoms with Crippen LogP contribution in [0.5, 0.6) is 0 Å². The molecule has 1 saturated heterocycles. The van der Waals surface area contributed by atoms with E-state index in [2.05, 4.69) is 12.2 Å². The van der Waals surface area contributed by atoms with Crippen LogP contribution in [0.3, 0.4) is 0 Å². The molecule has 2 atom stereocenters. The Morgan fingerprint density at radius 1 is 1.50 bits per heavy atom. The molecule has 1 rings (SSSR count). The predicted molar refractivity (Wildman–Crippen MR) is 63.7 cm³/mol. The first kappa shape index (κ1) is 13.9. The lowest BCUT2D eigenvalue weighted by Crippen LogP contribution is -2.44. The Morgan fingerprint density at radius 3 is 2.88 bits per heavy atom. The fourth-order valence-corrected chi connectivity index (χ4v) is 2.11. The van der Waals surface area contributed by atoms with Gasteiger partial charge in [0.15, 0.2) is 0 Å². The maximum absolute atomic E-state index is 5.67. The first-order valence-electron chi connectivity index (χ1n) is 6.14. The summed E-state index contributed by atoms with van der Waals surface area (Å²) in [5.41, 5.74) is 0.143. The molecule has 0 aromatic rings. The first-order valence-corrected chi connectivity index (χ1v) is 6.14. The van der Waals surface area contributed by atoms with Gasteiger partial charge in [0.1, 0.15) is 0 Å². The minimum atomic E-state index is 0.143. The summed E-state index contributed by atoms with van der Waals surface area (Å²) in [4.78, 5) is 0. The van der Waals surface area contributed by atoms with Gasteiger partial charge in [-0.25, -0.2) is 0 Å². The van der Waals surface area contributed by atoms with Gasteiger partial charge < -0.3 is 19.5 Å². The van der Waals surface area contributed by atoms with Crippen LogP contribution in [0, 0.1) is 5.41 Å². The van der Waals surface area contributed by atoms with Crippen molar-refractivity contribution in [2.45, 2.75) is 26.4 Å². The van der Waals surface area contributed by atoms with E-state index in [0.717, 1.165) is 45.9 Å². The minimum absolute atomic E-state index is 0.143. The summed E-state index contributed by atoms with van der Waals surface area (Å²) in [6.45, 7) is 9.16. The van der Waals surface area contributed by atoms with Crippen LogP contribution >= 0.6 is 0 Å². The molecule has 1 fully saturated rings. The Bertz CT molecular complexity index is 189. The van der Waals surface area contributed by atoms with E-state index in [1.165, 1.54) is 0 Å². The first-order chi connectivity index (χ1) is 7.75. The minimum Gasteiger partial charge on any atom is -0.383 e. The van der Waals surface area contributed by atoms with Crippen molar-refractivity contribution in [3.63, 3.8) is 0 Å². The maximum Gasteiger partial charge on any atom is 0.0638 e. The second-order valence-electron chi connectivity index (χ2n) is 4.43. The molecule has 0 aromatic heterocycles. The Hall–Kier alpha value is -0.160. The predicted octanol–water partition coefficient (Wildman–Crippen LogP) is 1.05. The van der Waals surface area contributed by atoms with Crippen molar-refractivity contribution in [3.8, 4) is 0 Å². The molecule has 0 spiro atoms. The van der Waals surface area contributed by atoms with Gasteiger partial charge in [0.2, 0.25) is 0 Å². The zero-order valence-electron chi connectivity index (χ0n) is 10.8. The molecule has 0 bridgehead atoms. The SMILES string of the molecule is CCOCC1(CNCCOC)CCOC1C. The topological polar surface area (TPSA) is 39.7 Å². The zero-order chi connectivity index (χ0) is 11.9. The lowest BCUT2D eigenvalue weighted by atomic mass is 9.82. The van der Waals surface area contributed by atoms with Crippen molar-refractivity contribution < 1.29 is 14.2 Å². The van der Waals surface area contributed by atoms with E-state index in [-0.39, 0.29) is 11.5 Å². The van der Waals surface area contributed by atoms with Crippen LogP contribution in [0.25, 0.3) is 0 Å². The van der Waals surface area contributed by atoms with Gasteiger partial charge in [-0.3, -0.25) is 0 Å². The number of ether oxygens (including phenoxy) is 3. The van der Waals surface area contributed by atoms with Crippen LogP contribution in [0.2, 0.25) is 0 Å². The molecule has 0 aliphatic carbocycles. The van der Waals surface area contributed by atoms with E-state index in [1.54, 1.807) is 7.11 Å². The van der Waals surface area contributed by atoms with E-state index in [1.807, 2.05) is 6.92 Å². The molecule has 0 aromatic carbocycles. The molecular weight excluding hydrogens is 206 g/mol. The van der Waals surface area contributed by atoms with Gasteiger partial charge in [0.25, 0.3) is 0 Å². The lowest BCUT2D eigenvalue weighted by molar-refractivity contribution is -0.00306. The monoisotopic (exact) mass is 231 g/mol. The largest absolute Gasteiger partial charge is 0.383 e. The van der Waals surface area contributed by atoms with Crippen molar-refractivity contribution >= 4 is 0 Å². The molecule has 0 saturated carbocycles. The highest BCUT2D eigenvalue weighted by Gasteiger charge is 2.41. The summed E-state index contributed by atoms with van der Waals surface area (Å²) in [5, 5.41) is 3.42. The van der Waals surface area contributed by atoms with Crippen LogP contribution < -0.4 is 5.32 Å². The van der Waals surface area contributed by atoms with Crippen molar-refractivity contribution in [1.82, 2.24) is 5.32 Å². The van der Waals surface area contributed by atoms with E-state index < -0.39 is 0 Å². The number of nitrogens with one attached hydrogen (secondary N) is 1. The van der Waals surface area contributed by atoms with Crippen LogP contribution in [-0.2, 0) is 14.2 Å². The van der Waals surface area contributed by atoms with Gasteiger partial charge in [-0.2, -0.15) is 0 Å². The van der Waals surface area contributed by atoms with Gasteiger partial charge in [-0.15, -0.1) is 0 Å². The third kappa shape index (κ3) is 3.70. The zero-order valence-corrected chi connectivity index (χ0v) is 10.8. The highest BCUT2D eigenvalue weighted by molar-refractivity contribution is 4.91. The Kier molecular flexibility index (Phi) is 6.28. The van der Waals surface area contributed by atoms with Gasteiger partial charge in [0, 0.05) is 38.8 Å². The number of methoxy groups -OCH3 is 1. The molecule has 0 amide bonds. The van der Waals surface area contributed by atoms with E-state index in [4.69, 9.17) is 14.2 Å². The van der Waals surface area contributed by atoms with Gasteiger partial charge in [-0.1, -0.05) is 0 Å². The third-order valence-corrected chi connectivity index (χ3v) is 3.38. The van der Waals surface area contributed by atoms with E-state index >= 15 is 0 Å². The average molecular weight is 231 g/mol. The lowest BCUT2D eigenvalue weighted by Gasteiger charge is -2.32. The maximum atomic E-state index is 5.67. The molecule has 0 radical (unpaired) electrons. The highest BCUT2D eigenvalue weighted by atomic mass is 16.5. The molecular formula is C12H25NO3. The average Bonchev–Trinajstić information content (AvgIpc) is 2.64. The summed E-state index contributed by atoms with van der Waals surface area (Å²) in [6.07, 6.45) is 1.35. The van der Waals surface area contributed by atoms with Gasteiger partial charge in [-0.05, 0) is 20.3 Å². The molecule has 4 nitrogen and oxygen atoms in total. The quantitative estimate of drug-likeness (QED) is 0.634. The van der Waals surface area contributed by atoms with Crippen LogP contribution in [-0.4, -0.2) is 52.7 Å². The van der Waals surface area contributed by atoms with Crippen molar-refractivity contribution in [2.75, 3.05) is 46.6 Å². The molecule has 1 heterocycles. The molecule has 1 aliphatic heterocycles. The summed E-state index contributed by atoms with van der Waals surface area (Å²) in [7, 11) is 1.72. The number of rotatable bonds is 8. The van der Waals surface area contributed by atoms with Crippen molar-refractivity contribution in [1.29, 1.82) is 0 Å². The van der Waals surface area contributed by atoms with Gasteiger partial charge >= 0.3 is 0 Å².